The van der Waals surface area contributed by atoms with Crippen LogP contribution in [-0.2, 0) is 6.67 Å². The number of aromatic hydroxyl groups is 1. The van der Waals surface area contributed by atoms with Crippen LogP contribution in [-0.4, -0.2) is 34.6 Å². The Labute approximate surface area is 159 Å². The lowest BCUT2D eigenvalue weighted by Gasteiger charge is -2.13. The van der Waals surface area contributed by atoms with Gasteiger partial charge in [-0.15, -0.1) is 10.2 Å². The van der Waals surface area contributed by atoms with E-state index in [2.05, 4.69) is 26.2 Å². The monoisotopic (exact) mass is 414 g/mol. The summed E-state index contributed by atoms with van der Waals surface area (Å²) in [6.45, 7) is 2.32. The Morgan fingerprint density at radius 2 is 1.96 bits per heavy atom. The van der Waals surface area contributed by atoms with E-state index in [0.717, 1.165) is 20.9 Å². The highest BCUT2D eigenvalue weighted by molar-refractivity contribution is 9.10. The van der Waals surface area contributed by atoms with E-state index < -0.39 is 5.91 Å². The van der Waals surface area contributed by atoms with Crippen LogP contribution in [0.4, 0.5) is 5.69 Å². The minimum absolute atomic E-state index is 0.0202. The molecule has 0 spiro atoms. The lowest BCUT2D eigenvalue weighted by Crippen LogP contribution is -2.16. The minimum Gasteiger partial charge on any atom is -0.493 e. The molecule has 7 heteroatoms. The number of hydrogen-bond donors (Lipinski definition) is 1. The number of aromatic nitrogens is 1. The third-order valence-electron chi connectivity index (χ3n) is 4.01. The van der Waals surface area contributed by atoms with Crippen LogP contribution in [0.15, 0.2) is 57.2 Å². The maximum Gasteiger partial charge on any atom is 0.295 e. The van der Waals surface area contributed by atoms with Crippen molar-refractivity contribution < 1.29 is 9.90 Å². The van der Waals surface area contributed by atoms with Crippen molar-refractivity contribution in [3.63, 3.8) is 0 Å². The molecule has 6 nitrogen and oxygen atoms in total. The van der Waals surface area contributed by atoms with E-state index in [-0.39, 0.29) is 11.6 Å². The molecule has 2 aromatic carbocycles. The van der Waals surface area contributed by atoms with E-state index in [0.29, 0.717) is 12.2 Å². The molecule has 3 aromatic rings. The van der Waals surface area contributed by atoms with E-state index >= 15 is 0 Å². The molecule has 1 amide bonds. The molecule has 1 aromatic heterocycles. The molecule has 0 bridgehead atoms. The van der Waals surface area contributed by atoms with Crippen LogP contribution < -0.4 is 0 Å². The third kappa shape index (κ3) is 3.54. The molecule has 134 valence electrons. The van der Waals surface area contributed by atoms with Gasteiger partial charge in [0.15, 0.2) is 5.69 Å². The Morgan fingerprint density at radius 1 is 1.23 bits per heavy atom. The Morgan fingerprint density at radius 3 is 2.65 bits per heavy atom. The van der Waals surface area contributed by atoms with Gasteiger partial charge in [0.2, 0.25) is 5.88 Å². The summed E-state index contributed by atoms with van der Waals surface area (Å²) in [7, 11) is 3.82. The summed E-state index contributed by atoms with van der Waals surface area (Å²) >= 11 is 3.44. The Kier molecular flexibility index (Phi) is 5.20. The number of rotatable bonds is 4. The molecule has 0 aliphatic carbocycles. The summed E-state index contributed by atoms with van der Waals surface area (Å²) in [6.07, 6.45) is 0. The second-order valence-corrected chi connectivity index (χ2v) is 7.22. The molecular formula is C19H19BrN4O2. The fourth-order valence-electron chi connectivity index (χ4n) is 2.78. The molecule has 1 heterocycles. The predicted octanol–water partition coefficient (Wildman–Crippen LogP) is 4.86. The molecule has 3 rings (SSSR count). The fraction of sp³-hybridized carbons (Fsp3) is 0.211. The van der Waals surface area contributed by atoms with Gasteiger partial charge in [-0.05, 0) is 50.8 Å². The first-order chi connectivity index (χ1) is 12.4. The number of amides is 1. The first kappa shape index (κ1) is 18.3. The number of nitrogens with zero attached hydrogens (tertiary/aromatic N) is 4. The topological polar surface area (TPSA) is 70.2 Å². The van der Waals surface area contributed by atoms with Crippen molar-refractivity contribution in [1.29, 1.82) is 0 Å². The summed E-state index contributed by atoms with van der Waals surface area (Å²) in [6, 6.07) is 12.9. The summed E-state index contributed by atoms with van der Waals surface area (Å²) < 4.78 is 2.59. The summed E-state index contributed by atoms with van der Waals surface area (Å²) in [4.78, 5) is 14.3. The van der Waals surface area contributed by atoms with Gasteiger partial charge in [-0.1, -0.05) is 34.1 Å². The number of carbonyl (C=O) groups excluding carboxylic acids is 1. The van der Waals surface area contributed by atoms with Crippen molar-refractivity contribution >= 4 is 38.4 Å². The number of fused-ring (bicyclic) bond motifs is 1. The van der Waals surface area contributed by atoms with Crippen molar-refractivity contribution in [2.75, 3.05) is 14.1 Å². The minimum atomic E-state index is -0.439. The van der Waals surface area contributed by atoms with E-state index in [9.17, 15) is 9.90 Å². The molecule has 0 fully saturated rings. The molecule has 0 saturated carbocycles. The van der Waals surface area contributed by atoms with Crippen LogP contribution in [0.25, 0.3) is 10.9 Å². The van der Waals surface area contributed by atoms with Gasteiger partial charge in [-0.3, -0.25) is 14.3 Å². The van der Waals surface area contributed by atoms with E-state index in [1.165, 1.54) is 0 Å². The van der Waals surface area contributed by atoms with Gasteiger partial charge in [-0.25, -0.2) is 0 Å². The molecule has 0 atom stereocenters. The number of azo groups is 1. The zero-order valence-corrected chi connectivity index (χ0v) is 16.4. The molecule has 0 unspecified atom stereocenters. The van der Waals surface area contributed by atoms with Crippen LogP contribution in [0.5, 0.6) is 5.88 Å². The summed E-state index contributed by atoms with van der Waals surface area (Å²) in [5, 5.41) is 19.3. The Hall–Kier alpha value is -2.51. The van der Waals surface area contributed by atoms with Crippen molar-refractivity contribution in [3.05, 3.63) is 58.1 Å². The number of benzene rings is 2. The second kappa shape index (κ2) is 7.39. The van der Waals surface area contributed by atoms with Gasteiger partial charge in [0.25, 0.3) is 5.91 Å². The van der Waals surface area contributed by atoms with Crippen LogP contribution in [0.3, 0.4) is 0 Å². The molecule has 0 saturated heterocycles. The second-order valence-electron chi connectivity index (χ2n) is 6.30. The maximum absolute atomic E-state index is 12.4. The van der Waals surface area contributed by atoms with Gasteiger partial charge >= 0.3 is 0 Å². The fourth-order valence-corrected chi connectivity index (χ4v) is 3.14. The maximum atomic E-state index is 12.4. The van der Waals surface area contributed by atoms with Crippen LogP contribution in [0, 0.1) is 6.92 Å². The zero-order chi connectivity index (χ0) is 18.8. The molecular weight excluding hydrogens is 396 g/mol. The van der Waals surface area contributed by atoms with E-state index in [4.69, 9.17) is 0 Å². The highest BCUT2D eigenvalue weighted by atomic mass is 79.9. The highest BCUT2D eigenvalue weighted by Gasteiger charge is 2.18. The average molecular weight is 415 g/mol. The number of aryl methyl sites for hydroxylation is 1. The van der Waals surface area contributed by atoms with Gasteiger partial charge in [-0.2, -0.15) is 0 Å². The number of carbonyl (C=O) groups is 1. The lowest BCUT2D eigenvalue weighted by atomic mass is 10.1. The number of halogens is 1. The smallest absolute Gasteiger partial charge is 0.295 e. The van der Waals surface area contributed by atoms with Crippen LogP contribution >= 0.6 is 15.9 Å². The molecule has 0 aliphatic heterocycles. The Bertz CT molecular complexity index is 1010. The third-order valence-corrected chi connectivity index (χ3v) is 4.51. The largest absolute Gasteiger partial charge is 0.493 e. The zero-order valence-electron chi connectivity index (χ0n) is 14.8. The predicted molar refractivity (Wildman–Crippen MR) is 105 cm³/mol. The van der Waals surface area contributed by atoms with Crippen molar-refractivity contribution in [1.82, 2.24) is 9.47 Å². The first-order valence-corrected chi connectivity index (χ1v) is 8.85. The lowest BCUT2D eigenvalue weighted by molar-refractivity contribution is 0.0994. The Balaban J connectivity index is 2.07. The normalized spacial score (nSPS) is 11.7. The van der Waals surface area contributed by atoms with Crippen molar-refractivity contribution in [3.8, 4) is 5.88 Å². The molecule has 26 heavy (non-hydrogen) atoms. The first-order valence-electron chi connectivity index (χ1n) is 8.05. The van der Waals surface area contributed by atoms with Crippen LogP contribution in [0.1, 0.15) is 15.9 Å². The van der Waals surface area contributed by atoms with Crippen molar-refractivity contribution in [2.24, 2.45) is 10.2 Å². The molecule has 0 aliphatic rings. The standard InChI is InChI=1S/C19H19BrN4O2/c1-12-6-4-5-7-14(12)18(25)22-21-17-15-10-13(20)8-9-16(15)24(19(17)26)11-23(2)3/h4-10,26H,11H2,1-3H3. The quantitative estimate of drug-likeness (QED) is 0.619. The van der Waals surface area contributed by atoms with Gasteiger partial charge in [0, 0.05) is 15.4 Å². The number of hydrogen-bond acceptors (Lipinski definition) is 4. The highest BCUT2D eigenvalue weighted by Crippen LogP contribution is 2.40. The van der Waals surface area contributed by atoms with Gasteiger partial charge in [0.05, 0.1) is 12.2 Å². The molecule has 1 N–H and O–H groups in total. The summed E-state index contributed by atoms with van der Waals surface area (Å²) in [5.74, 6) is -0.459. The van der Waals surface area contributed by atoms with E-state index in [1.807, 2.05) is 56.3 Å². The summed E-state index contributed by atoms with van der Waals surface area (Å²) in [5.41, 5.74) is 2.43. The SMILES string of the molecule is Cc1ccccc1C(=O)N=Nc1c(O)n(CN(C)C)c2ccc(Br)cc12. The van der Waals surface area contributed by atoms with Gasteiger partial charge in [0.1, 0.15) is 0 Å². The van der Waals surface area contributed by atoms with Crippen molar-refractivity contribution in [2.45, 2.75) is 13.6 Å². The van der Waals surface area contributed by atoms with E-state index in [1.54, 1.807) is 16.7 Å². The molecule has 0 radical (unpaired) electrons. The van der Waals surface area contributed by atoms with Crippen LogP contribution in [0.2, 0.25) is 0 Å². The van der Waals surface area contributed by atoms with Gasteiger partial charge < -0.3 is 5.11 Å². The average Bonchev–Trinajstić information content (AvgIpc) is 2.84.